The molecule has 1 saturated carbocycles. The fourth-order valence-electron chi connectivity index (χ4n) is 5.11. The number of phenolic OH excluding ortho intramolecular Hbond substituents is 1. The highest BCUT2D eigenvalue weighted by molar-refractivity contribution is 5.91. The van der Waals surface area contributed by atoms with Crippen molar-refractivity contribution in [2.45, 2.75) is 44.6 Å². The molecule has 0 amide bonds. The number of aromatic hydroxyl groups is 1. The Morgan fingerprint density at radius 3 is 2.60 bits per heavy atom. The van der Waals surface area contributed by atoms with Gasteiger partial charge in [-0.15, -0.1) is 0 Å². The molecule has 0 unspecified atom stereocenters. The highest BCUT2D eigenvalue weighted by atomic mass is 19.1. The molecule has 0 saturated heterocycles. The number of hydrogen-bond donors (Lipinski definition) is 2. The number of aryl methyl sites for hydroxylation is 1. The fraction of sp³-hybridized carbons (Fsp3) is 0.375. The lowest BCUT2D eigenvalue weighted by Crippen LogP contribution is -2.52. The van der Waals surface area contributed by atoms with Gasteiger partial charge in [0.05, 0.1) is 23.6 Å². The Morgan fingerprint density at radius 2 is 1.93 bits per heavy atom. The van der Waals surface area contributed by atoms with E-state index in [1.165, 1.54) is 6.07 Å². The Morgan fingerprint density at radius 1 is 1.20 bits per heavy atom. The number of carbonyl (C=O) groups is 1. The zero-order valence-electron chi connectivity index (χ0n) is 17.2. The minimum absolute atomic E-state index is 0.144. The van der Waals surface area contributed by atoms with Crippen molar-refractivity contribution in [3.63, 3.8) is 0 Å². The number of halogens is 1. The lowest BCUT2D eigenvalue weighted by molar-refractivity contribution is -0.180. The average Bonchev–Trinajstić information content (AvgIpc) is 2.99. The van der Waals surface area contributed by atoms with Crippen LogP contribution in [0.25, 0.3) is 16.6 Å². The lowest BCUT2D eigenvalue weighted by Gasteiger charge is -2.51. The van der Waals surface area contributed by atoms with E-state index in [9.17, 15) is 19.4 Å². The highest BCUT2D eigenvalue weighted by Gasteiger charge is 2.56. The summed E-state index contributed by atoms with van der Waals surface area (Å²) in [5.74, 6) is -1.37. The van der Waals surface area contributed by atoms with Crippen LogP contribution in [0.15, 0.2) is 36.4 Å². The average molecular weight is 409 g/mol. The molecule has 30 heavy (non-hydrogen) atoms. The Labute approximate surface area is 173 Å². The predicted octanol–water partition coefficient (Wildman–Crippen LogP) is 4.78. The molecule has 5 nitrogen and oxygen atoms in total. The number of aromatic nitrogens is 1. The first kappa shape index (κ1) is 19.1. The highest BCUT2D eigenvalue weighted by Crippen LogP contribution is 2.58. The van der Waals surface area contributed by atoms with Crippen molar-refractivity contribution in [1.82, 2.24) is 4.57 Å². The van der Waals surface area contributed by atoms with Crippen LogP contribution in [0, 0.1) is 18.7 Å². The molecule has 1 aliphatic carbocycles. The molecule has 156 valence electrons. The molecular formula is C24H24FNO4. The van der Waals surface area contributed by atoms with E-state index in [4.69, 9.17) is 4.74 Å². The summed E-state index contributed by atoms with van der Waals surface area (Å²) in [6.45, 7) is 6.38. The summed E-state index contributed by atoms with van der Waals surface area (Å²) in [6.07, 6.45) is 0.811. The van der Waals surface area contributed by atoms with Gasteiger partial charge in [-0.3, -0.25) is 4.79 Å². The quantitative estimate of drug-likeness (QED) is 0.639. The molecule has 0 bridgehead atoms. The van der Waals surface area contributed by atoms with Gasteiger partial charge in [0.1, 0.15) is 11.6 Å². The van der Waals surface area contributed by atoms with Crippen LogP contribution in [-0.4, -0.2) is 27.4 Å². The summed E-state index contributed by atoms with van der Waals surface area (Å²) in [7, 11) is 0. The molecule has 0 radical (unpaired) electrons. The molecule has 1 fully saturated rings. The van der Waals surface area contributed by atoms with E-state index in [0.717, 1.165) is 27.8 Å². The summed E-state index contributed by atoms with van der Waals surface area (Å²) in [5, 5.41) is 20.5. The van der Waals surface area contributed by atoms with Crippen molar-refractivity contribution >= 4 is 16.9 Å². The number of carboxylic acids is 1. The normalized spacial score (nSPS) is 24.6. The van der Waals surface area contributed by atoms with Crippen molar-refractivity contribution in [2.24, 2.45) is 5.92 Å². The molecule has 1 spiro atoms. The Kier molecular flexibility index (Phi) is 3.87. The predicted molar refractivity (Wildman–Crippen MR) is 111 cm³/mol. The van der Waals surface area contributed by atoms with Crippen LogP contribution in [0.5, 0.6) is 5.75 Å². The molecule has 2 aliphatic rings. The maximum Gasteiger partial charge on any atom is 0.306 e. The number of phenols is 1. The van der Waals surface area contributed by atoms with Crippen LogP contribution in [-0.2, 0) is 20.5 Å². The van der Waals surface area contributed by atoms with Gasteiger partial charge < -0.3 is 19.5 Å². The first-order valence-corrected chi connectivity index (χ1v) is 10.1. The molecule has 2 N–H and O–H groups in total. The van der Waals surface area contributed by atoms with Crippen LogP contribution in [0.4, 0.5) is 4.39 Å². The van der Waals surface area contributed by atoms with Crippen molar-refractivity contribution in [1.29, 1.82) is 0 Å². The maximum absolute atomic E-state index is 14.0. The van der Waals surface area contributed by atoms with Gasteiger partial charge in [0.2, 0.25) is 0 Å². The number of ether oxygens (including phenoxy) is 1. The molecule has 2 heterocycles. The summed E-state index contributed by atoms with van der Waals surface area (Å²) in [5.41, 5.74) is 3.22. The van der Waals surface area contributed by atoms with Gasteiger partial charge in [0.25, 0.3) is 0 Å². The Hall–Kier alpha value is -2.86. The SMILES string of the molecule is Cc1cc(-n2c3c(c4cc(O)ccc42)[C@]2(C[C@H](C(=O)O)C2)OCC3(C)C)ccc1F. The number of fused-ring (bicyclic) bond motifs is 4. The third-order valence-corrected chi connectivity index (χ3v) is 6.66. The van der Waals surface area contributed by atoms with E-state index in [1.807, 2.05) is 12.1 Å². The largest absolute Gasteiger partial charge is 0.508 e. The van der Waals surface area contributed by atoms with Gasteiger partial charge >= 0.3 is 5.97 Å². The number of nitrogens with zero attached hydrogens (tertiary/aromatic N) is 1. The summed E-state index contributed by atoms with van der Waals surface area (Å²) in [6, 6.07) is 10.3. The van der Waals surface area contributed by atoms with Crippen LogP contribution in [0.1, 0.15) is 43.5 Å². The molecule has 1 aromatic heterocycles. The maximum atomic E-state index is 14.0. The van der Waals surface area contributed by atoms with Gasteiger partial charge in [-0.05, 0) is 61.7 Å². The Balaban J connectivity index is 1.85. The zero-order chi connectivity index (χ0) is 21.4. The van der Waals surface area contributed by atoms with E-state index in [-0.39, 0.29) is 17.0 Å². The number of hydrogen-bond acceptors (Lipinski definition) is 3. The van der Waals surface area contributed by atoms with Crippen LogP contribution >= 0.6 is 0 Å². The number of rotatable bonds is 2. The standard InChI is InChI=1S/C24H24FNO4/c1-13-8-15(4-6-18(13)25)26-19-7-5-16(27)9-17(19)20-21(26)23(2,3)12-30-24(20)10-14(11-24)22(28)29/h4-9,14,27H,10-12H2,1-3H3,(H,28,29)/t14-,24+. The minimum atomic E-state index is -0.809. The third kappa shape index (κ3) is 2.53. The van der Waals surface area contributed by atoms with Crippen LogP contribution in [0.3, 0.4) is 0 Å². The second kappa shape index (κ2) is 6.08. The van der Waals surface area contributed by atoms with Gasteiger partial charge in [0.15, 0.2) is 0 Å². The third-order valence-electron chi connectivity index (χ3n) is 6.66. The van der Waals surface area contributed by atoms with Crippen molar-refractivity contribution < 1.29 is 24.1 Å². The topological polar surface area (TPSA) is 71.7 Å². The number of benzene rings is 2. The zero-order valence-corrected chi connectivity index (χ0v) is 17.2. The second-order valence-corrected chi connectivity index (χ2v) is 9.30. The molecule has 5 rings (SSSR count). The first-order chi connectivity index (χ1) is 14.1. The summed E-state index contributed by atoms with van der Waals surface area (Å²) in [4.78, 5) is 11.5. The summed E-state index contributed by atoms with van der Waals surface area (Å²) < 4.78 is 22.5. The second-order valence-electron chi connectivity index (χ2n) is 9.30. The van der Waals surface area contributed by atoms with E-state index in [1.54, 1.807) is 25.1 Å². The molecule has 6 heteroatoms. The van der Waals surface area contributed by atoms with E-state index in [0.29, 0.717) is 25.0 Å². The first-order valence-electron chi connectivity index (χ1n) is 10.1. The fourth-order valence-corrected chi connectivity index (χ4v) is 5.11. The molecule has 2 aromatic carbocycles. The van der Waals surface area contributed by atoms with Gasteiger partial charge in [-0.2, -0.15) is 0 Å². The van der Waals surface area contributed by atoms with Gasteiger partial charge in [-0.25, -0.2) is 4.39 Å². The van der Waals surface area contributed by atoms with Crippen molar-refractivity contribution in [2.75, 3.05) is 6.61 Å². The summed E-state index contributed by atoms with van der Waals surface area (Å²) >= 11 is 0. The lowest BCUT2D eigenvalue weighted by atomic mass is 9.63. The Bertz CT molecular complexity index is 1200. The smallest absolute Gasteiger partial charge is 0.306 e. The van der Waals surface area contributed by atoms with E-state index < -0.39 is 17.5 Å². The molecule has 0 atom stereocenters. The van der Waals surface area contributed by atoms with Gasteiger partial charge in [-0.1, -0.05) is 13.8 Å². The van der Waals surface area contributed by atoms with Crippen molar-refractivity contribution in [3.8, 4) is 11.4 Å². The number of carboxylic acid groups (broad SMARTS) is 1. The van der Waals surface area contributed by atoms with E-state index in [2.05, 4.69) is 18.4 Å². The van der Waals surface area contributed by atoms with Crippen LogP contribution in [0.2, 0.25) is 0 Å². The minimum Gasteiger partial charge on any atom is -0.508 e. The van der Waals surface area contributed by atoms with Crippen molar-refractivity contribution in [3.05, 3.63) is 59.0 Å². The monoisotopic (exact) mass is 409 g/mol. The molecular weight excluding hydrogens is 385 g/mol. The van der Waals surface area contributed by atoms with Crippen LogP contribution < -0.4 is 0 Å². The van der Waals surface area contributed by atoms with Gasteiger partial charge in [0, 0.05) is 27.7 Å². The molecule has 3 aromatic rings. The van der Waals surface area contributed by atoms with E-state index >= 15 is 0 Å². The number of aliphatic carboxylic acids is 1. The molecule has 1 aliphatic heterocycles.